The SMILES string of the molecule is CC(C)(C)OC(=O)CCOCCOCCOCCN(CCC(=O)OCc1ccccc1)CCC(=O)OCc1ccccc1. The van der Waals surface area contributed by atoms with Gasteiger partial charge in [-0.3, -0.25) is 19.3 Å². The molecule has 2 aromatic carbocycles. The van der Waals surface area contributed by atoms with Crippen LogP contribution in [0.15, 0.2) is 60.7 Å². The summed E-state index contributed by atoms with van der Waals surface area (Å²) in [6.07, 6.45) is 0.595. The third-order valence-corrected chi connectivity index (χ3v) is 5.92. The zero-order valence-corrected chi connectivity index (χ0v) is 25.8. The van der Waals surface area contributed by atoms with Crippen molar-refractivity contribution < 1.29 is 42.8 Å². The monoisotopic (exact) mass is 601 g/mol. The fourth-order valence-electron chi connectivity index (χ4n) is 3.74. The molecule has 0 heterocycles. The minimum Gasteiger partial charge on any atom is -0.461 e. The Morgan fingerprint density at radius 3 is 1.47 bits per heavy atom. The third kappa shape index (κ3) is 19.5. The molecule has 0 atom stereocenters. The maximum Gasteiger partial charge on any atom is 0.308 e. The number of esters is 3. The van der Waals surface area contributed by atoms with Gasteiger partial charge in [-0.05, 0) is 31.9 Å². The molecule has 0 fully saturated rings. The van der Waals surface area contributed by atoms with Crippen LogP contribution in [0, 0.1) is 0 Å². The maximum atomic E-state index is 12.3. The fraction of sp³-hybridized carbons (Fsp3) is 0.545. The van der Waals surface area contributed by atoms with E-state index in [0.29, 0.717) is 52.7 Å². The molecule has 0 aliphatic carbocycles. The Labute approximate surface area is 255 Å². The zero-order chi connectivity index (χ0) is 31.2. The summed E-state index contributed by atoms with van der Waals surface area (Å²) in [4.78, 5) is 38.3. The standard InChI is InChI=1S/C33H47NO9/c1-33(2,3)43-32(37)16-20-38-22-24-40-25-23-39-21-19-34(17-14-30(35)41-26-28-10-6-4-7-11-28)18-15-31(36)42-27-29-12-8-5-9-13-29/h4-13H,14-27H2,1-3H3. The minimum atomic E-state index is -0.500. The van der Waals surface area contributed by atoms with E-state index in [1.807, 2.05) is 86.3 Å². The van der Waals surface area contributed by atoms with Gasteiger partial charge in [0, 0.05) is 19.6 Å². The van der Waals surface area contributed by atoms with E-state index < -0.39 is 5.60 Å². The number of nitrogens with zero attached hydrogens (tertiary/aromatic N) is 1. The molecule has 0 aliphatic rings. The topological polar surface area (TPSA) is 110 Å². The molecule has 238 valence electrons. The Morgan fingerprint density at radius 2 is 1.00 bits per heavy atom. The number of hydrogen-bond acceptors (Lipinski definition) is 10. The van der Waals surface area contributed by atoms with Crippen LogP contribution in [0.2, 0.25) is 0 Å². The Bertz CT molecular complexity index is 982. The van der Waals surface area contributed by atoms with Gasteiger partial charge in [-0.1, -0.05) is 60.7 Å². The summed E-state index contributed by atoms with van der Waals surface area (Å²) in [6, 6.07) is 19.0. The maximum absolute atomic E-state index is 12.3. The fourth-order valence-corrected chi connectivity index (χ4v) is 3.74. The van der Waals surface area contributed by atoms with E-state index in [0.717, 1.165) is 11.1 Å². The lowest BCUT2D eigenvalue weighted by molar-refractivity contribution is -0.156. The number of carbonyl (C=O) groups excluding carboxylic acids is 3. The average Bonchev–Trinajstić information content (AvgIpc) is 2.98. The van der Waals surface area contributed by atoms with Gasteiger partial charge in [0.2, 0.25) is 0 Å². The van der Waals surface area contributed by atoms with Crippen molar-refractivity contribution in [2.75, 3.05) is 59.3 Å². The van der Waals surface area contributed by atoms with Crippen LogP contribution in [-0.2, 0) is 56.0 Å². The van der Waals surface area contributed by atoms with Gasteiger partial charge < -0.3 is 28.4 Å². The molecule has 0 saturated carbocycles. The van der Waals surface area contributed by atoms with Crippen LogP contribution in [0.1, 0.15) is 51.2 Å². The molecule has 0 amide bonds. The van der Waals surface area contributed by atoms with Gasteiger partial charge in [0.05, 0.1) is 58.9 Å². The lowest BCUT2D eigenvalue weighted by Crippen LogP contribution is -2.33. The molecular weight excluding hydrogens is 554 g/mol. The first-order valence-electron chi connectivity index (χ1n) is 14.8. The van der Waals surface area contributed by atoms with E-state index >= 15 is 0 Å². The lowest BCUT2D eigenvalue weighted by Gasteiger charge is -2.21. The van der Waals surface area contributed by atoms with Crippen molar-refractivity contribution in [3.63, 3.8) is 0 Å². The molecule has 0 aromatic heterocycles. The molecular formula is C33H47NO9. The quantitative estimate of drug-likeness (QED) is 0.110. The van der Waals surface area contributed by atoms with Crippen LogP contribution in [-0.4, -0.2) is 87.7 Å². The highest BCUT2D eigenvalue weighted by atomic mass is 16.6. The largest absolute Gasteiger partial charge is 0.461 e. The molecule has 10 heteroatoms. The van der Waals surface area contributed by atoms with Crippen molar-refractivity contribution in [1.29, 1.82) is 0 Å². The van der Waals surface area contributed by atoms with E-state index in [1.54, 1.807) is 0 Å². The van der Waals surface area contributed by atoms with Gasteiger partial charge in [-0.25, -0.2) is 0 Å². The summed E-state index contributed by atoms with van der Waals surface area (Å²) in [5.41, 5.74) is 1.36. The molecule has 43 heavy (non-hydrogen) atoms. The van der Waals surface area contributed by atoms with E-state index in [-0.39, 0.29) is 57.0 Å². The Hall–Kier alpha value is -3.31. The molecule has 2 aromatic rings. The molecule has 0 aliphatic heterocycles. The molecule has 0 unspecified atom stereocenters. The summed E-state index contributed by atoms with van der Waals surface area (Å²) in [5, 5.41) is 0. The summed E-state index contributed by atoms with van der Waals surface area (Å²) in [6.45, 7) is 9.57. The van der Waals surface area contributed by atoms with Gasteiger partial charge in [0.1, 0.15) is 18.8 Å². The number of benzene rings is 2. The first-order valence-corrected chi connectivity index (χ1v) is 14.8. The van der Waals surface area contributed by atoms with Crippen LogP contribution in [0.25, 0.3) is 0 Å². The summed E-state index contributed by atoms with van der Waals surface area (Å²) in [7, 11) is 0. The Morgan fingerprint density at radius 1 is 0.558 bits per heavy atom. The first-order chi connectivity index (χ1) is 20.7. The van der Waals surface area contributed by atoms with E-state index in [9.17, 15) is 14.4 Å². The second kappa shape index (κ2) is 21.4. The second-order valence-corrected chi connectivity index (χ2v) is 10.8. The van der Waals surface area contributed by atoms with Crippen LogP contribution >= 0.6 is 0 Å². The normalized spacial score (nSPS) is 11.3. The Kier molecular flexibility index (Phi) is 17.9. The van der Waals surface area contributed by atoms with Gasteiger partial charge in [0.25, 0.3) is 0 Å². The van der Waals surface area contributed by atoms with E-state index in [4.69, 9.17) is 28.4 Å². The smallest absolute Gasteiger partial charge is 0.308 e. The average molecular weight is 602 g/mol. The van der Waals surface area contributed by atoms with Crippen molar-refractivity contribution in [3.05, 3.63) is 71.8 Å². The number of rotatable bonds is 22. The summed E-state index contributed by atoms with van der Waals surface area (Å²) in [5.74, 6) is -0.893. The third-order valence-electron chi connectivity index (χ3n) is 5.92. The number of carbonyl (C=O) groups is 3. The summed E-state index contributed by atoms with van der Waals surface area (Å²) < 4.78 is 32.6. The molecule has 0 N–H and O–H groups in total. The second-order valence-electron chi connectivity index (χ2n) is 10.8. The van der Waals surface area contributed by atoms with Crippen molar-refractivity contribution in [2.24, 2.45) is 0 Å². The molecule has 0 saturated heterocycles. The van der Waals surface area contributed by atoms with E-state index in [1.165, 1.54) is 0 Å². The molecule has 0 bridgehead atoms. The van der Waals surface area contributed by atoms with Crippen LogP contribution in [0.5, 0.6) is 0 Å². The highest BCUT2D eigenvalue weighted by Crippen LogP contribution is 2.08. The molecule has 10 nitrogen and oxygen atoms in total. The van der Waals surface area contributed by atoms with Crippen molar-refractivity contribution in [1.82, 2.24) is 4.90 Å². The predicted molar refractivity (Wildman–Crippen MR) is 161 cm³/mol. The molecule has 2 rings (SSSR count). The predicted octanol–water partition coefficient (Wildman–Crippen LogP) is 4.34. The first kappa shape index (κ1) is 35.9. The van der Waals surface area contributed by atoms with Gasteiger partial charge in [0.15, 0.2) is 0 Å². The van der Waals surface area contributed by atoms with Crippen LogP contribution in [0.3, 0.4) is 0 Å². The van der Waals surface area contributed by atoms with Gasteiger partial charge in [-0.15, -0.1) is 0 Å². The van der Waals surface area contributed by atoms with Gasteiger partial charge >= 0.3 is 17.9 Å². The Balaban J connectivity index is 1.62. The van der Waals surface area contributed by atoms with Crippen LogP contribution in [0.4, 0.5) is 0 Å². The highest BCUT2D eigenvalue weighted by molar-refractivity contribution is 5.70. The lowest BCUT2D eigenvalue weighted by atomic mass is 10.2. The number of ether oxygens (including phenoxy) is 6. The highest BCUT2D eigenvalue weighted by Gasteiger charge is 2.16. The van der Waals surface area contributed by atoms with Crippen molar-refractivity contribution in [3.8, 4) is 0 Å². The zero-order valence-electron chi connectivity index (χ0n) is 25.8. The molecule has 0 radical (unpaired) electrons. The van der Waals surface area contributed by atoms with Gasteiger partial charge in [-0.2, -0.15) is 0 Å². The van der Waals surface area contributed by atoms with Crippen molar-refractivity contribution in [2.45, 2.75) is 58.8 Å². The summed E-state index contributed by atoms with van der Waals surface area (Å²) >= 11 is 0. The van der Waals surface area contributed by atoms with Crippen LogP contribution < -0.4 is 0 Å². The van der Waals surface area contributed by atoms with Crippen molar-refractivity contribution >= 4 is 17.9 Å². The molecule has 0 spiro atoms. The van der Waals surface area contributed by atoms with E-state index in [2.05, 4.69) is 0 Å². The minimum absolute atomic E-state index is 0.197. The number of hydrogen-bond donors (Lipinski definition) is 0.